The Hall–Kier alpha value is -1.35. The van der Waals surface area contributed by atoms with Gasteiger partial charge in [0.05, 0.1) is 6.42 Å². The fourth-order valence-corrected chi connectivity index (χ4v) is 2.81. The lowest BCUT2D eigenvalue weighted by Crippen LogP contribution is -2.28. The van der Waals surface area contributed by atoms with Crippen molar-refractivity contribution in [2.75, 3.05) is 18.4 Å². The average Bonchev–Trinajstić information content (AvgIpc) is 2.70. The molecule has 1 saturated heterocycles. The third kappa shape index (κ3) is 2.34. The van der Waals surface area contributed by atoms with Crippen LogP contribution in [0.2, 0.25) is 0 Å². The first-order valence-electron chi connectivity index (χ1n) is 6.43. The highest BCUT2D eigenvalue weighted by Gasteiger charge is 2.19. The van der Waals surface area contributed by atoms with Crippen molar-refractivity contribution in [3.05, 3.63) is 29.3 Å². The second kappa shape index (κ2) is 4.49. The van der Waals surface area contributed by atoms with Crippen LogP contribution < -0.4 is 10.6 Å². The fourth-order valence-electron chi connectivity index (χ4n) is 2.81. The smallest absolute Gasteiger partial charge is 0.228 e. The number of hydrogen-bond acceptors (Lipinski definition) is 2. The van der Waals surface area contributed by atoms with Gasteiger partial charge < -0.3 is 10.6 Å². The molecule has 0 aromatic heterocycles. The maximum absolute atomic E-state index is 11.3. The van der Waals surface area contributed by atoms with Crippen molar-refractivity contribution in [3.63, 3.8) is 0 Å². The summed E-state index contributed by atoms with van der Waals surface area (Å²) in [6, 6.07) is 6.44. The van der Waals surface area contributed by atoms with E-state index >= 15 is 0 Å². The predicted octanol–water partition coefficient (Wildman–Crippen LogP) is 1.72. The number of rotatable bonds is 2. The number of amides is 1. The largest absolute Gasteiger partial charge is 0.326 e. The summed E-state index contributed by atoms with van der Waals surface area (Å²) in [5.41, 5.74) is 3.53. The highest BCUT2D eigenvalue weighted by molar-refractivity contribution is 5.99. The van der Waals surface area contributed by atoms with Crippen LogP contribution in [0.3, 0.4) is 0 Å². The van der Waals surface area contributed by atoms with E-state index in [9.17, 15) is 4.79 Å². The average molecular weight is 230 g/mol. The van der Waals surface area contributed by atoms with Crippen LogP contribution in [-0.2, 0) is 17.6 Å². The molecule has 90 valence electrons. The van der Waals surface area contributed by atoms with E-state index in [1.54, 1.807) is 0 Å². The standard InChI is InChI=1S/C14H18N2O/c17-14-9-12-2-1-11(8-13(12)16-14)7-10-3-5-15-6-4-10/h1-2,8,10,15H,3-7,9H2,(H,16,17). The van der Waals surface area contributed by atoms with E-state index in [2.05, 4.69) is 28.8 Å². The first-order valence-corrected chi connectivity index (χ1v) is 6.43. The molecule has 1 fully saturated rings. The third-order valence-electron chi connectivity index (χ3n) is 3.78. The Balaban J connectivity index is 1.72. The van der Waals surface area contributed by atoms with Crippen molar-refractivity contribution < 1.29 is 4.79 Å². The monoisotopic (exact) mass is 230 g/mol. The molecule has 2 aliphatic heterocycles. The maximum Gasteiger partial charge on any atom is 0.228 e. The van der Waals surface area contributed by atoms with E-state index in [1.165, 1.54) is 18.4 Å². The highest BCUT2D eigenvalue weighted by atomic mass is 16.1. The van der Waals surface area contributed by atoms with Crippen molar-refractivity contribution in [2.45, 2.75) is 25.7 Å². The van der Waals surface area contributed by atoms with Gasteiger partial charge in [-0.3, -0.25) is 4.79 Å². The zero-order valence-electron chi connectivity index (χ0n) is 9.96. The lowest BCUT2D eigenvalue weighted by atomic mass is 9.90. The topological polar surface area (TPSA) is 41.1 Å². The molecule has 0 spiro atoms. The molecule has 0 unspecified atom stereocenters. The van der Waals surface area contributed by atoms with E-state index in [-0.39, 0.29) is 5.91 Å². The molecule has 0 radical (unpaired) electrons. The SMILES string of the molecule is O=C1Cc2ccc(CC3CCNCC3)cc2N1. The molecule has 3 rings (SSSR count). The van der Waals surface area contributed by atoms with Crippen molar-refractivity contribution in [1.29, 1.82) is 0 Å². The number of fused-ring (bicyclic) bond motifs is 1. The summed E-state index contributed by atoms with van der Waals surface area (Å²) < 4.78 is 0. The molecule has 1 aromatic rings. The molecular weight excluding hydrogens is 212 g/mol. The zero-order valence-corrected chi connectivity index (χ0v) is 9.96. The molecule has 17 heavy (non-hydrogen) atoms. The molecule has 0 bridgehead atoms. The lowest BCUT2D eigenvalue weighted by Gasteiger charge is -2.22. The number of anilines is 1. The van der Waals surface area contributed by atoms with Crippen LogP contribution in [0.5, 0.6) is 0 Å². The Morgan fingerprint density at radius 1 is 1.24 bits per heavy atom. The first kappa shape index (κ1) is 10.8. The van der Waals surface area contributed by atoms with Crippen molar-refractivity contribution >= 4 is 11.6 Å². The number of hydrogen-bond donors (Lipinski definition) is 2. The van der Waals surface area contributed by atoms with E-state index in [0.29, 0.717) is 6.42 Å². The second-order valence-electron chi connectivity index (χ2n) is 5.11. The molecule has 2 aliphatic rings. The minimum atomic E-state index is 0.124. The van der Waals surface area contributed by atoms with Gasteiger partial charge in [0, 0.05) is 5.69 Å². The van der Waals surface area contributed by atoms with Gasteiger partial charge in [-0.05, 0) is 55.5 Å². The van der Waals surface area contributed by atoms with Gasteiger partial charge in [-0.2, -0.15) is 0 Å². The van der Waals surface area contributed by atoms with Crippen LogP contribution in [0.4, 0.5) is 5.69 Å². The van der Waals surface area contributed by atoms with E-state index in [0.717, 1.165) is 36.7 Å². The maximum atomic E-state index is 11.3. The van der Waals surface area contributed by atoms with Crippen LogP contribution in [0.1, 0.15) is 24.0 Å². The summed E-state index contributed by atoms with van der Waals surface area (Å²) in [5.74, 6) is 0.922. The molecule has 0 atom stereocenters. The summed E-state index contributed by atoms with van der Waals surface area (Å²) in [7, 11) is 0. The molecule has 0 aliphatic carbocycles. The predicted molar refractivity (Wildman–Crippen MR) is 68.1 cm³/mol. The van der Waals surface area contributed by atoms with Gasteiger partial charge >= 0.3 is 0 Å². The van der Waals surface area contributed by atoms with Gasteiger partial charge in [-0.25, -0.2) is 0 Å². The first-order chi connectivity index (χ1) is 8.31. The van der Waals surface area contributed by atoms with Gasteiger partial charge in [0.2, 0.25) is 5.91 Å². The summed E-state index contributed by atoms with van der Waals surface area (Å²) in [4.78, 5) is 11.3. The van der Waals surface area contributed by atoms with Crippen molar-refractivity contribution in [1.82, 2.24) is 5.32 Å². The number of carbonyl (C=O) groups excluding carboxylic acids is 1. The Labute approximate surface area is 102 Å². The normalized spacial score (nSPS) is 20.1. The van der Waals surface area contributed by atoms with Crippen LogP contribution in [0, 0.1) is 5.92 Å². The van der Waals surface area contributed by atoms with Crippen molar-refractivity contribution in [3.8, 4) is 0 Å². The quantitative estimate of drug-likeness (QED) is 0.812. The summed E-state index contributed by atoms with van der Waals surface area (Å²) in [6.45, 7) is 2.29. The lowest BCUT2D eigenvalue weighted by molar-refractivity contribution is -0.115. The van der Waals surface area contributed by atoms with Gasteiger partial charge in [0.25, 0.3) is 0 Å². The number of piperidine rings is 1. The summed E-state index contributed by atoms with van der Waals surface area (Å²) >= 11 is 0. The van der Waals surface area contributed by atoms with Gasteiger partial charge in [-0.1, -0.05) is 12.1 Å². The fraction of sp³-hybridized carbons (Fsp3) is 0.500. The molecule has 2 heterocycles. The zero-order chi connectivity index (χ0) is 11.7. The Morgan fingerprint density at radius 3 is 2.88 bits per heavy atom. The van der Waals surface area contributed by atoms with E-state index in [1.807, 2.05) is 0 Å². The van der Waals surface area contributed by atoms with Crippen LogP contribution in [-0.4, -0.2) is 19.0 Å². The minimum absolute atomic E-state index is 0.124. The van der Waals surface area contributed by atoms with E-state index < -0.39 is 0 Å². The molecule has 3 nitrogen and oxygen atoms in total. The molecule has 1 amide bonds. The highest BCUT2D eigenvalue weighted by Crippen LogP contribution is 2.26. The third-order valence-corrected chi connectivity index (χ3v) is 3.78. The Kier molecular flexibility index (Phi) is 2.85. The van der Waals surface area contributed by atoms with Gasteiger partial charge in [0.15, 0.2) is 0 Å². The molecule has 0 saturated carbocycles. The van der Waals surface area contributed by atoms with Crippen LogP contribution in [0.15, 0.2) is 18.2 Å². The Bertz CT molecular complexity index is 436. The molecule has 1 aromatic carbocycles. The number of carbonyl (C=O) groups is 1. The summed E-state index contributed by atoms with van der Waals surface area (Å²) in [5, 5.41) is 6.31. The van der Waals surface area contributed by atoms with Crippen LogP contribution in [0.25, 0.3) is 0 Å². The second-order valence-corrected chi connectivity index (χ2v) is 5.11. The molecular formula is C14H18N2O. The number of nitrogens with one attached hydrogen (secondary N) is 2. The number of benzene rings is 1. The van der Waals surface area contributed by atoms with Gasteiger partial charge in [-0.15, -0.1) is 0 Å². The van der Waals surface area contributed by atoms with Crippen molar-refractivity contribution in [2.24, 2.45) is 5.92 Å². The van der Waals surface area contributed by atoms with Crippen LogP contribution >= 0.6 is 0 Å². The molecule has 2 N–H and O–H groups in total. The minimum Gasteiger partial charge on any atom is -0.326 e. The van der Waals surface area contributed by atoms with E-state index in [4.69, 9.17) is 0 Å². The summed E-state index contributed by atoms with van der Waals surface area (Å²) in [6.07, 6.45) is 4.22. The Morgan fingerprint density at radius 2 is 2.06 bits per heavy atom. The molecule has 3 heteroatoms. The van der Waals surface area contributed by atoms with Gasteiger partial charge in [0.1, 0.15) is 0 Å².